The highest BCUT2D eigenvalue weighted by Gasteiger charge is 2.32. The Balaban J connectivity index is 1.58. The van der Waals surface area contributed by atoms with Crippen LogP contribution in [0.15, 0.2) is 48.5 Å². The molecule has 8 nitrogen and oxygen atoms in total. The Morgan fingerprint density at radius 1 is 1.09 bits per heavy atom. The van der Waals surface area contributed by atoms with Gasteiger partial charge in [-0.25, -0.2) is 0 Å². The minimum Gasteiger partial charge on any atom is -0.352 e. The first kappa shape index (κ1) is 23.6. The number of nitrogens with one attached hydrogen (secondary N) is 1. The average Bonchev–Trinajstić information content (AvgIpc) is 3.51. The molecule has 178 valence electrons. The maximum absolute atomic E-state index is 13.6. The molecule has 1 aliphatic carbocycles. The summed E-state index contributed by atoms with van der Waals surface area (Å²) in [5, 5.41) is 15.8. The minimum atomic E-state index is -0.616. The third-order valence-electron chi connectivity index (χ3n) is 6.39. The lowest BCUT2D eigenvalue weighted by Gasteiger charge is -2.32. The largest absolute Gasteiger partial charge is 0.352 e. The van der Waals surface area contributed by atoms with Crippen LogP contribution in [-0.2, 0) is 16.1 Å². The van der Waals surface area contributed by atoms with Crippen molar-refractivity contribution in [2.75, 3.05) is 4.90 Å². The quantitative estimate of drug-likeness (QED) is 0.552. The summed E-state index contributed by atoms with van der Waals surface area (Å²) in [6.07, 6.45) is 4.74. The fraction of sp³-hybridized carbons (Fsp3) is 0.423. The number of benzene rings is 2. The first-order chi connectivity index (χ1) is 16.5. The second kappa shape index (κ2) is 10.6. The van der Waals surface area contributed by atoms with Crippen LogP contribution in [0.4, 0.5) is 5.69 Å². The Morgan fingerprint density at radius 2 is 1.79 bits per heavy atom. The van der Waals surface area contributed by atoms with Crippen LogP contribution in [0.3, 0.4) is 0 Å². The molecule has 1 aliphatic rings. The lowest BCUT2D eigenvalue weighted by atomic mass is 10.1. The minimum absolute atomic E-state index is 0.111. The Labute approximate surface area is 200 Å². The molecule has 0 bridgehead atoms. The lowest BCUT2D eigenvalue weighted by molar-refractivity contribution is -0.127. The summed E-state index contributed by atoms with van der Waals surface area (Å²) in [4.78, 5) is 29.8. The normalized spacial score (nSPS) is 14.7. The second-order valence-corrected chi connectivity index (χ2v) is 8.97. The first-order valence-corrected chi connectivity index (χ1v) is 12.0. The maximum Gasteiger partial charge on any atom is 0.251 e. The van der Waals surface area contributed by atoms with E-state index < -0.39 is 6.04 Å². The summed E-state index contributed by atoms with van der Waals surface area (Å²) in [5.74, 6) is 0.0923. The number of aromatic nitrogens is 4. The zero-order chi connectivity index (χ0) is 24.1. The van der Waals surface area contributed by atoms with E-state index in [1.807, 2.05) is 69.3 Å². The molecule has 2 aromatic carbocycles. The summed E-state index contributed by atoms with van der Waals surface area (Å²) >= 11 is 0. The van der Waals surface area contributed by atoms with Gasteiger partial charge >= 0.3 is 0 Å². The van der Waals surface area contributed by atoms with Gasteiger partial charge in [0.15, 0.2) is 0 Å². The van der Waals surface area contributed by atoms with Crippen LogP contribution >= 0.6 is 0 Å². The van der Waals surface area contributed by atoms with Crippen LogP contribution < -0.4 is 10.2 Å². The van der Waals surface area contributed by atoms with Crippen LogP contribution in [0.5, 0.6) is 0 Å². The predicted molar refractivity (Wildman–Crippen MR) is 131 cm³/mol. The van der Waals surface area contributed by atoms with Crippen LogP contribution in [0, 0.1) is 13.8 Å². The summed E-state index contributed by atoms with van der Waals surface area (Å²) < 4.78 is 0. The third-order valence-corrected chi connectivity index (χ3v) is 6.39. The van der Waals surface area contributed by atoms with Crippen LogP contribution in [0.1, 0.15) is 50.2 Å². The van der Waals surface area contributed by atoms with Gasteiger partial charge < -0.3 is 5.32 Å². The molecule has 1 aromatic heterocycles. The molecule has 0 unspecified atom stereocenters. The molecule has 0 radical (unpaired) electrons. The van der Waals surface area contributed by atoms with Crippen molar-refractivity contribution >= 4 is 17.5 Å². The molecule has 0 aliphatic heterocycles. The van der Waals surface area contributed by atoms with Crippen molar-refractivity contribution in [2.45, 2.75) is 71.5 Å². The number of tetrazole rings is 1. The van der Waals surface area contributed by atoms with E-state index in [2.05, 4.69) is 20.7 Å². The maximum atomic E-state index is 13.6. The Hall–Kier alpha value is -3.55. The highest BCUT2D eigenvalue weighted by molar-refractivity contribution is 6.01. The Bertz CT molecular complexity index is 1130. The summed E-state index contributed by atoms with van der Waals surface area (Å²) in [6.45, 7) is 5.78. The van der Waals surface area contributed by atoms with Gasteiger partial charge in [0.2, 0.25) is 11.7 Å². The number of hydrogen-bond acceptors (Lipinski definition) is 5. The van der Waals surface area contributed by atoms with Crippen molar-refractivity contribution in [1.82, 2.24) is 25.5 Å². The number of hydrogen-bond donors (Lipinski definition) is 1. The summed E-state index contributed by atoms with van der Waals surface area (Å²) in [5.41, 5.74) is 3.62. The summed E-state index contributed by atoms with van der Waals surface area (Å²) in [7, 11) is 0. The van der Waals surface area contributed by atoms with Gasteiger partial charge in [0.05, 0.1) is 0 Å². The molecule has 1 heterocycles. The van der Waals surface area contributed by atoms with E-state index in [-0.39, 0.29) is 24.4 Å². The van der Waals surface area contributed by atoms with Crippen LogP contribution in [0.25, 0.3) is 11.4 Å². The number of amides is 2. The fourth-order valence-electron chi connectivity index (χ4n) is 4.49. The highest BCUT2D eigenvalue weighted by Crippen LogP contribution is 2.25. The highest BCUT2D eigenvalue weighted by atomic mass is 16.2. The van der Waals surface area contributed by atoms with E-state index >= 15 is 0 Å². The van der Waals surface area contributed by atoms with Gasteiger partial charge in [-0.15, -0.1) is 10.2 Å². The van der Waals surface area contributed by atoms with Crippen molar-refractivity contribution < 1.29 is 9.59 Å². The smallest absolute Gasteiger partial charge is 0.251 e. The number of carbonyl (C=O) groups is 2. The number of para-hydroxylation sites is 1. The molecule has 8 heteroatoms. The van der Waals surface area contributed by atoms with Crippen LogP contribution in [-0.4, -0.2) is 44.1 Å². The molecule has 1 N–H and O–H groups in total. The SMILES string of the molecule is CC[C@@H](C(=O)NC1CCCC1)N(C(=O)Cn1nnc(-c2ccc(C)cc2)n1)c1ccccc1C. The molecule has 1 atom stereocenters. The van der Waals surface area contributed by atoms with Crippen molar-refractivity contribution in [3.05, 3.63) is 59.7 Å². The Kier molecular flexibility index (Phi) is 7.35. The standard InChI is InChI=1S/C26H32N6O2/c1-4-22(26(34)27-21-10-6-7-11-21)32(23-12-8-5-9-19(23)3)24(33)17-31-29-25(28-30-31)20-15-13-18(2)14-16-20/h5,8-9,12-16,21-22H,4,6-7,10-11,17H2,1-3H3,(H,27,34)/t22-/m0/s1. The van der Waals surface area contributed by atoms with Gasteiger partial charge in [-0.2, -0.15) is 4.80 Å². The predicted octanol–water partition coefficient (Wildman–Crippen LogP) is 3.83. The van der Waals surface area contributed by atoms with E-state index in [0.29, 0.717) is 12.2 Å². The van der Waals surface area contributed by atoms with Gasteiger partial charge in [0.1, 0.15) is 12.6 Å². The monoisotopic (exact) mass is 460 g/mol. The first-order valence-electron chi connectivity index (χ1n) is 12.0. The van der Waals surface area contributed by atoms with Crippen molar-refractivity contribution in [3.8, 4) is 11.4 Å². The zero-order valence-corrected chi connectivity index (χ0v) is 20.1. The fourth-order valence-corrected chi connectivity index (χ4v) is 4.49. The van der Waals surface area contributed by atoms with Crippen molar-refractivity contribution in [2.24, 2.45) is 0 Å². The van der Waals surface area contributed by atoms with Crippen molar-refractivity contribution in [1.29, 1.82) is 0 Å². The number of rotatable bonds is 8. The van der Waals surface area contributed by atoms with Gasteiger partial charge in [0, 0.05) is 17.3 Å². The number of aryl methyl sites for hydroxylation is 2. The summed E-state index contributed by atoms with van der Waals surface area (Å²) in [6, 6.07) is 15.0. The topological polar surface area (TPSA) is 93.0 Å². The van der Waals surface area contributed by atoms with E-state index in [1.165, 1.54) is 4.80 Å². The molecular weight excluding hydrogens is 428 g/mol. The molecule has 2 amide bonds. The molecule has 4 rings (SSSR count). The molecule has 1 fully saturated rings. The average molecular weight is 461 g/mol. The number of anilines is 1. The van der Waals surface area contributed by atoms with Gasteiger partial charge in [-0.3, -0.25) is 14.5 Å². The number of carbonyl (C=O) groups excluding carboxylic acids is 2. The van der Waals surface area contributed by atoms with E-state index in [0.717, 1.165) is 48.1 Å². The van der Waals surface area contributed by atoms with Gasteiger partial charge in [0.25, 0.3) is 5.91 Å². The zero-order valence-electron chi connectivity index (χ0n) is 20.1. The third kappa shape index (κ3) is 5.32. The van der Waals surface area contributed by atoms with Crippen LogP contribution in [0.2, 0.25) is 0 Å². The Morgan fingerprint density at radius 3 is 2.47 bits per heavy atom. The molecule has 0 saturated heterocycles. The number of nitrogens with zero attached hydrogens (tertiary/aromatic N) is 5. The van der Waals surface area contributed by atoms with Gasteiger partial charge in [-0.1, -0.05) is 67.8 Å². The lowest BCUT2D eigenvalue weighted by Crippen LogP contribution is -2.52. The van der Waals surface area contributed by atoms with E-state index in [4.69, 9.17) is 0 Å². The molecule has 0 spiro atoms. The molecule has 3 aromatic rings. The molecular formula is C26H32N6O2. The van der Waals surface area contributed by atoms with Crippen molar-refractivity contribution in [3.63, 3.8) is 0 Å². The van der Waals surface area contributed by atoms with E-state index in [1.54, 1.807) is 4.90 Å². The molecule has 1 saturated carbocycles. The second-order valence-electron chi connectivity index (χ2n) is 8.97. The van der Waals surface area contributed by atoms with E-state index in [9.17, 15) is 9.59 Å². The van der Waals surface area contributed by atoms with Gasteiger partial charge in [-0.05, 0) is 50.0 Å². The molecule has 34 heavy (non-hydrogen) atoms.